The van der Waals surface area contributed by atoms with Crippen LogP contribution >= 0.6 is 22.9 Å². The van der Waals surface area contributed by atoms with Gasteiger partial charge in [-0.05, 0) is 35.4 Å². The Kier molecular flexibility index (Phi) is 6.19. The highest BCUT2D eigenvalue weighted by Crippen LogP contribution is 2.05. The van der Waals surface area contributed by atoms with E-state index in [2.05, 4.69) is 22.1 Å². The summed E-state index contributed by atoms with van der Waals surface area (Å²) in [5, 5.41) is 7.71. The number of hydrogen-bond donors (Lipinski definition) is 1. The van der Waals surface area contributed by atoms with Gasteiger partial charge in [-0.1, -0.05) is 0 Å². The van der Waals surface area contributed by atoms with E-state index in [0.29, 0.717) is 6.61 Å². The molecule has 80 valence electrons. The molecule has 1 N–H and O–H groups in total. The van der Waals surface area contributed by atoms with Crippen LogP contribution < -0.4 is 5.32 Å². The topological polar surface area (TPSA) is 21.3 Å². The van der Waals surface area contributed by atoms with Crippen LogP contribution in [-0.4, -0.2) is 25.6 Å². The predicted octanol–water partition coefficient (Wildman–Crippen LogP) is 2.48. The zero-order valence-corrected chi connectivity index (χ0v) is 9.90. The van der Waals surface area contributed by atoms with E-state index in [4.69, 9.17) is 16.3 Å². The van der Waals surface area contributed by atoms with Crippen molar-refractivity contribution in [3.05, 3.63) is 22.4 Å². The molecule has 0 spiro atoms. The summed E-state index contributed by atoms with van der Waals surface area (Å²) in [6, 6.07) is 2.13. The molecule has 0 amide bonds. The van der Waals surface area contributed by atoms with E-state index < -0.39 is 0 Å². The van der Waals surface area contributed by atoms with Gasteiger partial charge >= 0.3 is 0 Å². The van der Waals surface area contributed by atoms with E-state index in [9.17, 15) is 0 Å². The van der Waals surface area contributed by atoms with E-state index in [1.165, 1.54) is 5.56 Å². The number of hydrogen-bond acceptors (Lipinski definition) is 3. The summed E-state index contributed by atoms with van der Waals surface area (Å²) >= 11 is 7.70. The fourth-order valence-electron chi connectivity index (χ4n) is 1.15. The summed E-state index contributed by atoms with van der Waals surface area (Å²) in [5.74, 6) is 0. The van der Waals surface area contributed by atoms with Gasteiger partial charge in [0, 0.05) is 13.7 Å². The van der Waals surface area contributed by atoms with Gasteiger partial charge in [0.2, 0.25) is 0 Å². The van der Waals surface area contributed by atoms with Crippen molar-refractivity contribution < 1.29 is 4.74 Å². The molecule has 0 radical (unpaired) electrons. The maximum absolute atomic E-state index is 5.98. The van der Waals surface area contributed by atoms with Crippen LogP contribution in [0.25, 0.3) is 0 Å². The van der Waals surface area contributed by atoms with Crippen LogP contribution in [0.4, 0.5) is 0 Å². The molecule has 4 heteroatoms. The van der Waals surface area contributed by atoms with E-state index in [1.807, 2.05) is 0 Å². The molecular weight excluding hydrogens is 218 g/mol. The average molecular weight is 234 g/mol. The SMILES string of the molecule is COCC(Cl)CCNCc1ccsc1. The lowest BCUT2D eigenvalue weighted by Crippen LogP contribution is -2.19. The second-order valence-corrected chi connectivity index (χ2v) is 4.55. The fraction of sp³-hybridized carbons (Fsp3) is 0.600. The van der Waals surface area contributed by atoms with Crippen molar-refractivity contribution in [1.29, 1.82) is 0 Å². The normalized spacial score (nSPS) is 13.0. The first-order valence-corrected chi connectivity index (χ1v) is 6.05. The second-order valence-electron chi connectivity index (χ2n) is 3.15. The first-order valence-electron chi connectivity index (χ1n) is 4.67. The molecule has 0 fully saturated rings. The van der Waals surface area contributed by atoms with Crippen LogP contribution in [0.5, 0.6) is 0 Å². The summed E-state index contributed by atoms with van der Waals surface area (Å²) in [4.78, 5) is 0. The Morgan fingerprint density at radius 2 is 2.50 bits per heavy atom. The fourth-order valence-corrected chi connectivity index (χ4v) is 2.05. The van der Waals surface area contributed by atoms with Crippen molar-refractivity contribution in [3.8, 4) is 0 Å². The molecule has 1 heterocycles. The summed E-state index contributed by atoms with van der Waals surface area (Å²) in [5.41, 5.74) is 1.34. The molecule has 0 aromatic carbocycles. The molecule has 0 aliphatic rings. The Morgan fingerprint density at radius 3 is 3.14 bits per heavy atom. The molecule has 2 nitrogen and oxygen atoms in total. The minimum Gasteiger partial charge on any atom is -0.383 e. The van der Waals surface area contributed by atoms with Gasteiger partial charge in [-0.3, -0.25) is 0 Å². The Bertz CT molecular complexity index is 228. The van der Waals surface area contributed by atoms with Crippen molar-refractivity contribution in [1.82, 2.24) is 5.32 Å². The number of ether oxygens (including phenoxy) is 1. The summed E-state index contributed by atoms with van der Waals surface area (Å²) in [7, 11) is 1.67. The Hall–Kier alpha value is -0.0900. The number of nitrogens with one attached hydrogen (secondary N) is 1. The number of halogens is 1. The molecule has 0 aliphatic carbocycles. The van der Waals surface area contributed by atoms with Crippen LogP contribution in [0.3, 0.4) is 0 Å². The zero-order chi connectivity index (χ0) is 10.2. The third-order valence-electron chi connectivity index (χ3n) is 1.89. The van der Waals surface area contributed by atoms with E-state index in [1.54, 1.807) is 18.4 Å². The lowest BCUT2D eigenvalue weighted by atomic mass is 10.3. The van der Waals surface area contributed by atoms with Crippen molar-refractivity contribution in [2.75, 3.05) is 20.3 Å². The summed E-state index contributed by atoms with van der Waals surface area (Å²) in [6.07, 6.45) is 0.944. The smallest absolute Gasteiger partial charge is 0.0626 e. The van der Waals surface area contributed by atoms with Crippen LogP contribution in [0.1, 0.15) is 12.0 Å². The third kappa shape index (κ3) is 4.96. The molecule has 0 aliphatic heterocycles. The van der Waals surface area contributed by atoms with Gasteiger partial charge in [-0.15, -0.1) is 11.6 Å². The second kappa shape index (κ2) is 7.23. The van der Waals surface area contributed by atoms with Crippen LogP contribution in [0.15, 0.2) is 16.8 Å². The van der Waals surface area contributed by atoms with Gasteiger partial charge in [0.1, 0.15) is 0 Å². The highest BCUT2D eigenvalue weighted by atomic mass is 35.5. The molecule has 0 saturated carbocycles. The predicted molar refractivity (Wildman–Crippen MR) is 62.2 cm³/mol. The van der Waals surface area contributed by atoms with Crippen molar-refractivity contribution in [2.45, 2.75) is 18.3 Å². The molecular formula is C10H16ClNOS. The largest absolute Gasteiger partial charge is 0.383 e. The third-order valence-corrected chi connectivity index (χ3v) is 2.97. The Balaban J connectivity index is 1.99. The molecule has 1 atom stereocenters. The molecule has 14 heavy (non-hydrogen) atoms. The molecule has 1 unspecified atom stereocenters. The molecule has 0 bridgehead atoms. The summed E-state index contributed by atoms with van der Waals surface area (Å²) in [6.45, 7) is 2.50. The minimum absolute atomic E-state index is 0.120. The van der Waals surface area contributed by atoms with Crippen molar-refractivity contribution >= 4 is 22.9 Å². The van der Waals surface area contributed by atoms with Crippen molar-refractivity contribution in [2.24, 2.45) is 0 Å². The summed E-state index contributed by atoms with van der Waals surface area (Å²) < 4.78 is 4.95. The number of thiophene rings is 1. The highest BCUT2D eigenvalue weighted by molar-refractivity contribution is 7.07. The lowest BCUT2D eigenvalue weighted by Gasteiger charge is -2.08. The highest BCUT2D eigenvalue weighted by Gasteiger charge is 2.02. The van der Waals surface area contributed by atoms with Gasteiger partial charge in [0.05, 0.1) is 12.0 Å². The van der Waals surface area contributed by atoms with Crippen LogP contribution in [0.2, 0.25) is 0 Å². The van der Waals surface area contributed by atoms with Gasteiger partial charge in [-0.25, -0.2) is 0 Å². The first-order chi connectivity index (χ1) is 6.83. The lowest BCUT2D eigenvalue weighted by molar-refractivity contribution is 0.195. The maximum atomic E-state index is 5.98. The van der Waals surface area contributed by atoms with Gasteiger partial charge in [0.15, 0.2) is 0 Å². The quantitative estimate of drug-likeness (QED) is 0.577. The first kappa shape index (κ1) is 12.0. The average Bonchev–Trinajstić information content (AvgIpc) is 2.65. The number of methoxy groups -OCH3 is 1. The van der Waals surface area contributed by atoms with Gasteiger partial charge < -0.3 is 10.1 Å². The van der Waals surface area contributed by atoms with Gasteiger partial charge in [-0.2, -0.15) is 11.3 Å². The minimum atomic E-state index is 0.120. The molecule has 1 rings (SSSR count). The van der Waals surface area contributed by atoms with E-state index >= 15 is 0 Å². The van der Waals surface area contributed by atoms with E-state index in [0.717, 1.165) is 19.5 Å². The Morgan fingerprint density at radius 1 is 1.64 bits per heavy atom. The van der Waals surface area contributed by atoms with E-state index in [-0.39, 0.29) is 5.38 Å². The van der Waals surface area contributed by atoms with Crippen LogP contribution in [-0.2, 0) is 11.3 Å². The number of alkyl halides is 1. The van der Waals surface area contributed by atoms with Crippen molar-refractivity contribution in [3.63, 3.8) is 0 Å². The monoisotopic (exact) mass is 233 g/mol. The zero-order valence-electron chi connectivity index (χ0n) is 8.33. The standard InChI is InChI=1S/C10H16ClNOS/c1-13-7-10(11)2-4-12-6-9-3-5-14-8-9/h3,5,8,10,12H,2,4,6-7H2,1H3. The molecule has 1 aromatic rings. The Labute approximate surface area is 94.2 Å². The molecule has 1 aromatic heterocycles. The maximum Gasteiger partial charge on any atom is 0.0626 e. The van der Waals surface area contributed by atoms with Crippen LogP contribution in [0, 0.1) is 0 Å². The number of rotatable bonds is 7. The van der Waals surface area contributed by atoms with Gasteiger partial charge in [0.25, 0.3) is 0 Å². The molecule has 0 saturated heterocycles.